The number of carbonyl (C=O) groups excluding carboxylic acids is 8. The van der Waals surface area contributed by atoms with Crippen LogP contribution in [-0.4, -0.2) is 207 Å². The van der Waals surface area contributed by atoms with Crippen LogP contribution in [0.15, 0.2) is 121 Å². The molecule has 0 aromatic heterocycles. The molecule has 0 bridgehead atoms. The Morgan fingerprint density at radius 2 is 0.701 bits per heavy atom. The number of primary amides is 4. The molecule has 0 heterocycles. The summed E-state index contributed by atoms with van der Waals surface area (Å²) in [5.41, 5.74) is 32.5. The summed E-state index contributed by atoms with van der Waals surface area (Å²) in [5.74, 6) is -6.03. The lowest BCUT2D eigenvalue weighted by Gasteiger charge is -2.20. The number of nitrogens with one attached hydrogen (secondary N) is 5. The van der Waals surface area contributed by atoms with Crippen LogP contribution in [0, 0.1) is 96.9 Å². The van der Waals surface area contributed by atoms with Crippen LogP contribution in [0.4, 0.5) is 13.2 Å². The molecule has 0 aliphatic carbocycles. The van der Waals surface area contributed by atoms with E-state index in [-0.39, 0.29) is 29.5 Å². The van der Waals surface area contributed by atoms with Crippen LogP contribution in [-0.2, 0) is 65.9 Å². The number of amides is 4. The number of ether oxygens (including phenoxy) is 4. The number of carbonyl (C=O) groups is 10. The van der Waals surface area contributed by atoms with Gasteiger partial charge in [0.05, 0.1) is 40.6 Å². The SMILES string of the molecule is C=C(NB(C)O)C(=O)OC.CB(O)N[C@@H](Cc1c(C)cc(C(N)=O)cc1C)C(=O)O.COC(=O)/C(=C/c1c(C)cc(C(N)=O)cc1C)NB(C)O.COC(=O)C(CO)NB(C)O.COC(=O)[C@H](Cc1c(C)cc(C(N)=O)cc1C)NB(C)O.Cc1cc(C(=O)O)cc(C)c1Br.Cc1cc(C(N)=O)cc(C)c1Br.Cc1cc(O)cc(C)c1Br.Cc1cc(OS(=O)(=O)C(F)(F)F)cc(C)c1Br. The lowest BCUT2D eigenvalue weighted by Crippen LogP contribution is -2.47. The van der Waals surface area contributed by atoms with Gasteiger partial charge in [-0.25, -0.2) is 14.4 Å². The molecule has 4 amide bonds. The molecule has 48 heteroatoms. The predicted octanol–water partition coefficient (Wildman–Crippen LogP) is 9.49. The van der Waals surface area contributed by atoms with E-state index >= 15 is 0 Å². The number of carboxylic acid groups (broad SMARTS) is 2. The second-order valence-electron chi connectivity index (χ2n) is 29.9. The number of carboxylic acids is 2. The van der Waals surface area contributed by atoms with Gasteiger partial charge in [-0.3, -0.25) is 33.6 Å². The van der Waals surface area contributed by atoms with Gasteiger partial charge in [-0.1, -0.05) is 70.3 Å². The zero-order valence-electron chi connectivity index (χ0n) is 78.4. The van der Waals surface area contributed by atoms with Crippen molar-refractivity contribution in [3.05, 3.63) is 243 Å². The first kappa shape index (κ1) is 126. The smallest absolute Gasteiger partial charge is 0.508 e. The van der Waals surface area contributed by atoms with E-state index in [2.05, 4.69) is 115 Å². The van der Waals surface area contributed by atoms with Crippen molar-refractivity contribution in [3.63, 3.8) is 0 Å². The van der Waals surface area contributed by atoms with Crippen molar-refractivity contribution in [2.75, 3.05) is 35.0 Å². The lowest BCUT2D eigenvalue weighted by molar-refractivity contribution is -0.144. The van der Waals surface area contributed by atoms with Gasteiger partial charge in [-0.05, 0) is 329 Å². The fourth-order valence-corrected chi connectivity index (χ4v) is 13.1. The summed E-state index contributed by atoms with van der Waals surface area (Å²) in [6.45, 7) is 36.0. The first-order chi connectivity index (χ1) is 61.6. The summed E-state index contributed by atoms with van der Waals surface area (Å²) >= 11 is 13.4. The Balaban J connectivity index is 0. The number of aromatic carboxylic acids is 1. The number of hydrogen-bond acceptors (Lipinski definition) is 29. The Bertz CT molecular complexity index is 5200. The van der Waals surface area contributed by atoms with Crippen LogP contribution in [0.2, 0.25) is 34.1 Å². The molecular weight excluding hydrogens is 2040 g/mol. The molecule has 7 aromatic carbocycles. The Morgan fingerprint density at radius 3 is 0.978 bits per heavy atom. The van der Waals surface area contributed by atoms with Crippen molar-refractivity contribution >= 4 is 175 Å². The maximum Gasteiger partial charge on any atom is 0.534 e. The van der Waals surface area contributed by atoms with Gasteiger partial charge >= 0.3 is 86.7 Å². The average Bonchev–Trinajstić information content (AvgIpc) is 0.834. The topological polar surface area (TPSA) is 597 Å². The highest BCUT2D eigenvalue weighted by Crippen LogP contribution is 2.33. The lowest BCUT2D eigenvalue weighted by atomic mass is 9.85. The molecule has 7 rings (SSSR count). The minimum Gasteiger partial charge on any atom is -0.508 e. The first-order valence-electron chi connectivity index (χ1n) is 39.9. The molecule has 0 radical (unpaired) electrons. The van der Waals surface area contributed by atoms with Crippen LogP contribution in [0.3, 0.4) is 0 Å². The zero-order chi connectivity index (χ0) is 105. The van der Waals surface area contributed by atoms with Crippen molar-refractivity contribution < 1.29 is 138 Å². The van der Waals surface area contributed by atoms with E-state index < -0.39 is 129 Å². The normalized spacial score (nSPS) is 11.1. The number of halogens is 7. The monoisotopic (exact) mass is 2150 g/mol. The number of alkyl halides is 3. The van der Waals surface area contributed by atoms with Crippen LogP contribution in [0.25, 0.3) is 6.08 Å². The van der Waals surface area contributed by atoms with E-state index in [9.17, 15) is 84.6 Å². The number of esters is 4. The third kappa shape index (κ3) is 45.3. The largest absolute Gasteiger partial charge is 0.534 e. The second kappa shape index (κ2) is 60.1. The summed E-state index contributed by atoms with van der Waals surface area (Å²) in [6, 6.07) is 20.3. The van der Waals surface area contributed by atoms with Gasteiger partial charge in [0.15, 0.2) is 0 Å². The number of aryl methyl sites for hydroxylation is 14. The summed E-state index contributed by atoms with van der Waals surface area (Å²) in [7, 11) is -4.87. The summed E-state index contributed by atoms with van der Waals surface area (Å²) in [4.78, 5) is 111. The number of aliphatic hydroxyl groups is 1. The number of phenols is 1. The molecular formula is C86H117B5Br4F3N9O26S. The van der Waals surface area contributed by atoms with E-state index in [1.54, 1.807) is 107 Å². The minimum atomic E-state index is -5.61. The standard InChI is InChI=1S/C14H21BN2O4.C14H19BN2O4.C13H19BN2O4.C9H8BrF3O3S.C9H10BrNO.C9H9BrO2.C8H9BrO.C5H12BNO4.C5H10BNO3/c2*1-8-5-10(13(16)18)6-9(2)11(8)7-12(14(19)21-4)17-15(3)20;1-7-4-9(12(15)17)5-8(2)10(7)6-11(13(18)19)16-14(3)20;1-5-3-7(4-6(2)8(5)10)16-17(14,15)9(11,12)13;2*1-5-3-7(9(11)12)4-6(2)8(5)10;1-5-3-7(10)4-6(2)8(5)9;1-6(10)7-4(3-8)5(9)11-2;1-4(5(8)10-3)7-6(2)9/h5-6,12,17,20H,7H2,1-4H3,(H2,16,18);5-7,17,20H,1-4H3,(H2,16,18);4-5,11,16,20H,6H2,1-3H3,(H2,15,17)(H,18,19);3-4H,1-2H3;3-4H,1-2H3,(H2,11,12);3-4H,1-2H3,(H,11,12);3-4,10H,1-2H3;4,7-8,10H,3H2,1-2H3;7,9H,1H2,2-3H3/b;12-7-;;;;;;;/t12-;;11-;;;;;;/m0.0....../s1. The van der Waals surface area contributed by atoms with Crippen molar-refractivity contribution in [2.45, 2.75) is 168 Å². The van der Waals surface area contributed by atoms with Gasteiger partial charge < -0.3 is 118 Å². The Kier molecular flexibility index (Phi) is 56.3. The first-order valence-corrected chi connectivity index (χ1v) is 44.5. The van der Waals surface area contributed by atoms with E-state index in [4.69, 9.17) is 58.1 Å². The molecule has 0 saturated carbocycles. The molecule has 7 aromatic rings. The molecule has 22 N–H and O–H groups in total. The Labute approximate surface area is 813 Å². The fraction of sp³-hybridized carbons (Fsp3) is 0.349. The summed E-state index contributed by atoms with van der Waals surface area (Å²) in [6.07, 6.45) is 2.15. The molecule has 0 spiro atoms. The number of rotatable bonds is 28. The van der Waals surface area contributed by atoms with Crippen LogP contribution in [0.1, 0.15) is 146 Å². The minimum absolute atomic E-state index is 0.0532. The molecule has 0 aliphatic rings. The number of aromatic hydroxyl groups is 1. The second-order valence-corrected chi connectivity index (χ2v) is 34.6. The van der Waals surface area contributed by atoms with Crippen LogP contribution in [0.5, 0.6) is 11.5 Å². The zero-order valence-corrected chi connectivity index (χ0v) is 85.6. The van der Waals surface area contributed by atoms with E-state index in [0.29, 0.717) is 55.6 Å². The number of nitrogens with two attached hydrogens (primary N) is 4. The van der Waals surface area contributed by atoms with Gasteiger partial charge in [0.1, 0.15) is 41.0 Å². The third-order valence-electron chi connectivity index (χ3n) is 18.0. The van der Waals surface area contributed by atoms with Gasteiger partial charge in [0.2, 0.25) is 23.6 Å². The van der Waals surface area contributed by atoms with Crippen molar-refractivity contribution in [1.29, 1.82) is 0 Å². The highest BCUT2D eigenvalue weighted by molar-refractivity contribution is 9.11. The maximum absolute atomic E-state index is 12.1. The Morgan fingerprint density at radius 1 is 0.425 bits per heavy atom. The van der Waals surface area contributed by atoms with Gasteiger partial charge in [-0.2, -0.15) is 21.6 Å². The highest BCUT2D eigenvalue weighted by Gasteiger charge is 2.48. The van der Waals surface area contributed by atoms with Crippen molar-refractivity contribution in [1.82, 2.24) is 26.1 Å². The molecule has 134 heavy (non-hydrogen) atoms. The predicted molar refractivity (Wildman–Crippen MR) is 524 cm³/mol. The van der Waals surface area contributed by atoms with Gasteiger partial charge in [0.25, 0.3) is 0 Å². The molecule has 0 saturated heterocycles. The highest BCUT2D eigenvalue weighted by atomic mass is 79.9. The van der Waals surface area contributed by atoms with Crippen molar-refractivity contribution in [3.8, 4) is 11.5 Å². The summed E-state index contributed by atoms with van der Waals surface area (Å²) in [5, 5.41) is 93.9. The molecule has 3 atom stereocenters. The van der Waals surface area contributed by atoms with E-state index in [0.717, 1.165) is 96.9 Å². The van der Waals surface area contributed by atoms with Crippen molar-refractivity contribution in [2.24, 2.45) is 22.9 Å². The number of aliphatic hydroxyl groups excluding tert-OH is 1. The molecule has 35 nitrogen and oxygen atoms in total. The summed E-state index contributed by atoms with van der Waals surface area (Å²) < 4.78 is 83.6. The van der Waals surface area contributed by atoms with Gasteiger partial charge in [0, 0.05) is 40.1 Å². The Hall–Kier alpha value is -10.5. The number of benzene rings is 7. The van der Waals surface area contributed by atoms with Gasteiger partial charge in [-0.15, -0.1) is 0 Å². The quantitative estimate of drug-likeness (QED) is 0.00542. The number of aliphatic carboxylic acids is 1. The molecule has 732 valence electrons. The molecule has 1 unspecified atom stereocenters. The molecule has 0 aliphatic heterocycles. The van der Waals surface area contributed by atoms with E-state index in [1.165, 1.54) is 74.7 Å². The number of phenolic OH excluding ortho intramolecular Hbond substituents is 1. The molecule has 0 fully saturated rings. The van der Waals surface area contributed by atoms with Crippen LogP contribution >= 0.6 is 63.7 Å². The van der Waals surface area contributed by atoms with Crippen LogP contribution < -0.4 is 53.3 Å². The third-order valence-corrected chi connectivity index (χ3v) is 24.0. The number of hydrogen-bond donors (Lipinski definition) is 18. The van der Waals surface area contributed by atoms with E-state index in [1.807, 2.05) is 69.2 Å². The number of methoxy groups -OCH3 is 4. The maximum atomic E-state index is 12.1. The average molecular weight is 2160 g/mol. The fourth-order valence-electron chi connectivity index (χ4n) is 11.7.